The molecule has 1 aromatic carbocycles. The summed E-state index contributed by atoms with van der Waals surface area (Å²) < 4.78 is 0. The predicted octanol–water partition coefficient (Wildman–Crippen LogP) is 3.75. The molecule has 1 unspecified atom stereocenters. The van der Waals surface area contributed by atoms with Crippen LogP contribution in [0.1, 0.15) is 66.1 Å². The number of benzene rings is 1. The second-order valence-electron chi connectivity index (χ2n) is 12.2. The van der Waals surface area contributed by atoms with Crippen LogP contribution in [-0.4, -0.2) is 97.8 Å². The first-order valence-corrected chi connectivity index (χ1v) is 15.2. The maximum atomic E-state index is 13.5. The lowest BCUT2D eigenvalue weighted by Crippen LogP contribution is -2.47. The van der Waals surface area contributed by atoms with Gasteiger partial charge in [-0.15, -0.1) is 0 Å². The second kappa shape index (κ2) is 12.7. The highest BCUT2D eigenvalue weighted by Gasteiger charge is 2.41. The van der Waals surface area contributed by atoms with Gasteiger partial charge in [-0.25, -0.2) is 9.97 Å². The quantitative estimate of drug-likeness (QED) is 0.404. The minimum absolute atomic E-state index is 0.0219. The number of hydrogen-bond acceptors (Lipinski definition) is 6. The lowest BCUT2D eigenvalue weighted by atomic mass is 9.79. The third-order valence-corrected chi connectivity index (χ3v) is 9.12. The van der Waals surface area contributed by atoms with E-state index in [0.29, 0.717) is 24.1 Å². The summed E-state index contributed by atoms with van der Waals surface area (Å²) in [5.74, 6) is 1.49. The molecule has 3 fully saturated rings. The van der Waals surface area contributed by atoms with Crippen LogP contribution in [-0.2, 0) is 19.6 Å². The van der Waals surface area contributed by atoms with Crippen LogP contribution in [0.2, 0.25) is 0 Å². The molecule has 1 spiro atoms. The normalized spacial score (nSPS) is 22.7. The average Bonchev–Trinajstić information content (AvgIpc) is 3.77. The Bertz CT molecular complexity index is 1150. The maximum absolute atomic E-state index is 13.5. The Morgan fingerprint density at radius 2 is 1.43 bits per heavy atom. The monoisotopic (exact) mass is 544 g/mol. The van der Waals surface area contributed by atoms with Crippen LogP contribution in [0.5, 0.6) is 0 Å². The second-order valence-corrected chi connectivity index (χ2v) is 12.2. The van der Waals surface area contributed by atoms with E-state index in [2.05, 4.69) is 46.8 Å². The molecule has 3 aliphatic heterocycles. The number of piperidine rings is 2. The van der Waals surface area contributed by atoms with Crippen molar-refractivity contribution in [3.8, 4) is 0 Å². The molecule has 9 heteroatoms. The summed E-state index contributed by atoms with van der Waals surface area (Å²) in [5, 5.41) is 0. The van der Waals surface area contributed by atoms with Crippen LogP contribution < -0.4 is 0 Å². The van der Waals surface area contributed by atoms with Crippen molar-refractivity contribution in [1.29, 1.82) is 0 Å². The Morgan fingerprint density at radius 1 is 0.775 bits per heavy atom. The molecule has 0 radical (unpaired) electrons. The molecule has 3 saturated heterocycles. The zero-order chi connectivity index (χ0) is 27.2. The lowest BCUT2D eigenvalue weighted by Gasteiger charge is -2.41. The fraction of sp³-hybridized carbons (Fsp3) is 0.581. The Kier molecular flexibility index (Phi) is 8.60. The van der Waals surface area contributed by atoms with E-state index in [9.17, 15) is 4.79 Å². The molecular weight excluding hydrogens is 500 g/mol. The van der Waals surface area contributed by atoms with E-state index in [1.54, 1.807) is 29.7 Å². The van der Waals surface area contributed by atoms with Gasteiger partial charge in [0, 0.05) is 63.1 Å². The van der Waals surface area contributed by atoms with E-state index >= 15 is 0 Å². The van der Waals surface area contributed by atoms with Crippen molar-refractivity contribution >= 4 is 5.91 Å². The van der Waals surface area contributed by atoms with Crippen LogP contribution in [0.25, 0.3) is 0 Å². The maximum Gasteiger partial charge on any atom is 0.254 e. The average molecular weight is 545 g/mol. The molecule has 1 atom stereocenters. The number of carbonyl (C=O) groups excluding carboxylic acids is 1. The molecule has 3 aromatic rings. The summed E-state index contributed by atoms with van der Waals surface area (Å²) in [6, 6.07) is 8.21. The zero-order valence-corrected chi connectivity index (χ0v) is 23.7. The highest BCUT2D eigenvalue weighted by atomic mass is 16.2. The molecule has 5 heterocycles. The van der Waals surface area contributed by atoms with Gasteiger partial charge in [-0.2, -0.15) is 0 Å². The Balaban J connectivity index is 1.03. The fourth-order valence-electron chi connectivity index (χ4n) is 6.99. The number of aromatic nitrogens is 4. The number of nitrogens with one attached hydrogen (secondary N) is 2. The van der Waals surface area contributed by atoms with Gasteiger partial charge in [-0.1, -0.05) is 18.6 Å². The number of rotatable bonds is 10. The molecule has 0 bridgehead atoms. The highest BCUT2D eigenvalue weighted by molar-refractivity contribution is 5.94. The highest BCUT2D eigenvalue weighted by Crippen LogP contribution is 2.39. The zero-order valence-electron chi connectivity index (χ0n) is 23.7. The van der Waals surface area contributed by atoms with E-state index in [-0.39, 0.29) is 5.91 Å². The van der Waals surface area contributed by atoms with Crippen molar-refractivity contribution in [2.75, 3.05) is 52.4 Å². The third kappa shape index (κ3) is 6.82. The number of H-pyrrole nitrogens is 2. The topological polar surface area (TPSA) is 87.4 Å². The largest absolute Gasteiger partial charge is 0.347 e. The SMILES string of the molecule is O=C(c1ccc(CN2CCC3(CCCN(CCN4CCCCC4)C3)C2)cc1)N(Cc1ncc[nH]1)Cc1ncc[nH]1. The number of hydrogen-bond donors (Lipinski definition) is 2. The first kappa shape index (κ1) is 27.2. The van der Waals surface area contributed by atoms with Gasteiger partial charge in [0.1, 0.15) is 11.6 Å². The predicted molar refractivity (Wildman–Crippen MR) is 155 cm³/mol. The number of amides is 1. The summed E-state index contributed by atoms with van der Waals surface area (Å²) >= 11 is 0. The minimum atomic E-state index is -0.0219. The van der Waals surface area contributed by atoms with Crippen molar-refractivity contribution in [2.45, 2.75) is 58.2 Å². The standard InChI is InChI=1S/C31H44N8O/c40-30(39(22-28-32-11-12-33-28)23-29-34-13-14-35-29)27-7-5-26(6-8-27)21-38-18-10-31(25-38)9-4-17-37(24-31)20-19-36-15-2-1-3-16-36/h5-8,11-14H,1-4,9-10,15-25H2,(H,32,33)(H,34,35). The molecule has 214 valence electrons. The van der Waals surface area contributed by atoms with Gasteiger partial charge in [0.15, 0.2) is 0 Å². The van der Waals surface area contributed by atoms with Gasteiger partial charge < -0.3 is 24.7 Å². The van der Waals surface area contributed by atoms with Gasteiger partial charge >= 0.3 is 0 Å². The van der Waals surface area contributed by atoms with Crippen molar-refractivity contribution in [2.24, 2.45) is 5.41 Å². The first-order chi connectivity index (χ1) is 19.6. The Labute approximate surface area is 238 Å². The molecule has 1 amide bonds. The molecule has 3 aliphatic rings. The van der Waals surface area contributed by atoms with Crippen LogP contribution >= 0.6 is 0 Å². The Morgan fingerprint density at radius 3 is 2.10 bits per heavy atom. The van der Waals surface area contributed by atoms with Crippen molar-refractivity contribution in [3.63, 3.8) is 0 Å². The van der Waals surface area contributed by atoms with Crippen molar-refractivity contribution < 1.29 is 4.79 Å². The Hall–Kier alpha value is -3.01. The summed E-state index contributed by atoms with van der Waals surface area (Å²) in [4.78, 5) is 38.1. The summed E-state index contributed by atoms with van der Waals surface area (Å²) in [5.41, 5.74) is 2.42. The number of aromatic amines is 2. The number of imidazole rings is 2. The molecule has 6 rings (SSSR count). The van der Waals surface area contributed by atoms with Gasteiger partial charge in [0.25, 0.3) is 5.91 Å². The molecular formula is C31H44N8O. The molecule has 40 heavy (non-hydrogen) atoms. The number of carbonyl (C=O) groups is 1. The van der Waals surface area contributed by atoms with E-state index in [1.165, 1.54) is 96.4 Å². The lowest BCUT2D eigenvalue weighted by molar-refractivity contribution is 0.0721. The number of nitrogens with zero attached hydrogens (tertiary/aromatic N) is 6. The van der Waals surface area contributed by atoms with Crippen LogP contribution in [0.3, 0.4) is 0 Å². The van der Waals surface area contributed by atoms with Crippen LogP contribution in [0, 0.1) is 5.41 Å². The van der Waals surface area contributed by atoms with Crippen molar-refractivity contribution in [3.05, 3.63) is 71.8 Å². The fourth-order valence-corrected chi connectivity index (χ4v) is 6.99. The molecule has 0 saturated carbocycles. The van der Waals surface area contributed by atoms with Gasteiger partial charge in [-0.05, 0) is 81.4 Å². The molecule has 9 nitrogen and oxygen atoms in total. The van der Waals surface area contributed by atoms with Gasteiger partial charge in [0.2, 0.25) is 0 Å². The van der Waals surface area contributed by atoms with E-state index < -0.39 is 0 Å². The molecule has 2 aromatic heterocycles. The third-order valence-electron chi connectivity index (χ3n) is 9.12. The van der Waals surface area contributed by atoms with E-state index in [4.69, 9.17) is 0 Å². The minimum Gasteiger partial charge on any atom is -0.347 e. The van der Waals surface area contributed by atoms with Gasteiger partial charge in [-0.3, -0.25) is 9.69 Å². The van der Waals surface area contributed by atoms with Gasteiger partial charge in [0.05, 0.1) is 13.1 Å². The first-order valence-electron chi connectivity index (χ1n) is 15.2. The van der Waals surface area contributed by atoms with E-state index in [1.807, 2.05) is 12.1 Å². The smallest absolute Gasteiger partial charge is 0.254 e. The molecule has 2 N–H and O–H groups in total. The summed E-state index contributed by atoms with van der Waals surface area (Å²) in [6.45, 7) is 11.7. The summed E-state index contributed by atoms with van der Waals surface area (Å²) in [7, 11) is 0. The van der Waals surface area contributed by atoms with Crippen molar-refractivity contribution in [1.82, 2.24) is 39.5 Å². The van der Waals surface area contributed by atoms with E-state index in [0.717, 1.165) is 18.2 Å². The number of likely N-dealkylation sites (tertiary alicyclic amines) is 3. The molecule has 0 aliphatic carbocycles. The van der Waals surface area contributed by atoms with Crippen LogP contribution in [0.15, 0.2) is 49.1 Å². The van der Waals surface area contributed by atoms with Crippen LogP contribution in [0.4, 0.5) is 0 Å². The summed E-state index contributed by atoms with van der Waals surface area (Å²) in [6.07, 6.45) is 15.1.